The Morgan fingerprint density at radius 3 is 2.66 bits per heavy atom. The van der Waals surface area contributed by atoms with Crippen molar-refractivity contribution in [1.82, 2.24) is 15.8 Å². The summed E-state index contributed by atoms with van der Waals surface area (Å²) < 4.78 is 23.6. The summed E-state index contributed by atoms with van der Waals surface area (Å²) >= 11 is 7.29. The molecule has 1 aromatic carbocycles. The van der Waals surface area contributed by atoms with E-state index in [1.54, 1.807) is 13.8 Å². The third-order valence-corrected chi connectivity index (χ3v) is 6.86. The molecule has 0 bridgehead atoms. The molecule has 0 radical (unpaired) electrons. The number of carbonyl (C=O) groups excluding carboxylic acids is 2. The van der Waals surface area contributed by atoms with Crippen LogP contribution in [0.25, 0.3) is 11.3 Å². The molecule has 0 spiro atoms. The SMILES string of the molecule is COC(=O)C(NC(=O)c1c(-c2c(F)cccc2Cl)noc1C)C1N[C@@H](C(=O)O)C(C)(C)S1. The molecular formula is C20H21ClFN3O6S. The van der Waals surface area contributed by atoms with E-state index < -0.39 is 45.9 Å². The molecule has 0 saturated carbocycles. The van der Waals surface area contributed by atoms with Gasteiger partial charge in [0.2, 0.25) is 0 Å². The lowest BCUT2D eigenvalue weighted by molar-refractivity contribution is -0.144. The van der Waals surface area contributed by atoms with E-state index in [9.17, 15) is 23.9 Å². The second-order valence-corrected chi connectivity index (χ2v) is 9.82. The first-order valence-corrected chi connectivity index (χ1v) is 10.7. The number of aromatic nitrogens is 1. The van der Waals surface area contributed by atoms with Crippen LogP contribution in [0.2, 0.25) is 5.02 Å². The first-order chi connectivity index (χ1) is 15.0. The molecule has 1 fully saturated rings. The van der Waals surface area contributed by atoms with Crippen LogP contribution in [0.1, 0.15) is 30.0 Å². The summed E-state index contributed by atoms with van der Waals surface area (Å²) in [4.78, 5) is 37.2. The van der Waals surface area contributed by atoms with Gasteiger partial charge in [-0.05, 0) is 32.9 Å². The molecule has 3 N–H and O–H groups in total. The van der Waals surface area contributed by atoms with E-state index in [0.29, 0.717) is 0 Å². The molecule has 2 aromatic rings. The van der Waals surface area contributed by atoms with Gasteiger partial charge in [-0.2, -0.15) is 0 Å². The Bertz CT molecular complexity index is 1060. The number of thioether (sulfide) groups is 1. The Morgan fingerprint density at radius 2 is 2.09 bits per heavy atom. The van der Waals surface area contributed by atoms with Crippen molar-refractivity contribution in [3.8, 4) is 11.3 Å². The maximum absolute atomic E-state index is 14.4. The van der Waals surface area contributed by atoms with Crippen LogP contribution in [-0.4, -0.2) is 57.4 Å². The van der Waals surface area contributed by atoms with Gasteiger partial charge in [0.1, 0.15) is 28.9 Å². The molecule has 3 rings (SSSR count). The predicted octanol–water partition coefficient (Wildman–Crippen LogP) is 2.61. The molecular weight excluding hydrogens is 465 g/mol. The Labute approximate surface area is 192 Å². The number of carboxylic acid groups (broad SMARTS) is 1. The average molecular weight is 486 g/mol. The van der Waals surface area contributed by atoms with Crippen LogP contribution in [0.15, 0.2) is 22.7 Å². The monoisotopic (exact) mass is 485 g/mol. The van der Waals surface area contributed by atoms with Gasteiger partial charge in [0.15, 0.2) is 6.04 Å². The Kier molecular flexibility index (Phi) is 6.82. The molecule has 0 aliphatic carbocycles. The summed E-state index contributed by atoms with van der Waals surface area (Å²) in [6.45, 7) is 4.88. The van der Waals surface area contributed by atoms with Gasteiger partial charge >= 0.3 is 11.9 Å². The molecule has 9 nitrogen and oxygen atoms in total. The summed E-state index contributed by atoms with van der Waals surface area (Å²) in [7, 11) is 1.15. The summed E-state index contributed by atoms with van der Waals surface area (Å²) in [6, 6.07) is 1.80. The van der Waals surface area contributed by atoms with Crippen LogP contribution in [0.4, 0.5) is 4.39 Å². The van der Waals surface area contributed by atoms with Crippen molar-refractivity contribution in [2.75, 3.05) is 7.11 Å². The normalized spacial score (nSPS) is 20.6. The van der Waals surface area contributed by atoms with E-state index in [1.165, 1.54) is 30.8 Å². The quantitative estimate of drug-likeness (QED) is 0.528. The van der Waals surface area contributed by atoms with E-state index in [0.717, 1.165) is 13.2 Å². The fraction of sp³-hybridized carbons (Fsp3) is 0.400. The Morgan fingerprint density at radius 1 is 1.41 bits per heavy atom. The highest BCUT2D eigenvalue weighted by molar-refractivity contribution is 8.01. The number of rotatable bonds is 6. The summed E-state index contributed by atoms with van der Waals surface area (Å²) in [5, 5.41) is 17.9. The van der Waals surface area contributed by atoms with Gasteiger partial charge < -0.3 is 19.7 Å². The largest absolute Gasteiger partial charge is 0.480 e. The molecule has 1 saturated heterocycles. The maximum Gasteiger partial charge on any atom is 0.330 e. The minimum absolute atomic E-state index is 0.0240. The molecule has 3 atom stereocenters. The zero-order valence-electron chi connectivity index (χ0n) is 17.6. The fourth-order valence-electron chi connectivity index (χ4n) is 3.46. The first kappa shape index (κ1) is 24.0. The zero-order chi connectivity index (χ0) is 23.8. The number of carbonyl (C=O) groups is 3. The summed E-state index contributed by atoms with van der Waals surface area (Å²) in [5.74, 6) is -3.29. The highest BCUT2D eigenvalue weighted by Gasteiger charge is 2.50. The van der Waals surface area contributed by atoms with Gasteiger partial charge in [0.05, 0.1) is 23.1 Å². The number of aliphatic carboxylic acids is 1. The number of amides is 1. The zero-order valence-corrected chi connectivity index (χ0v) is 19.1. The highest BCUT2D eigenvalue weighted by atomic mass is 35.5. The van der Waals surface area contributed by atoms with Gasteiger partial charge in [-0.15, -0.1) is 11.8 Å². The number of aryl methyl sites for hydroxylation is 1. The lowest BCUT2D eigenvalue weighted by atomic mass is 10.0. The van der Waals surface area contributed by atoms with E-state index >= 15 is 0 Å². The minimum atomic E-state index is -1.25. The van der Waals surface area contributed by atoms with Gasteiger partial charge in [-0.1, -0.05) is 22.8 Å². The average Bonchev–Trinajstić information content (AvgIpc) is 3.24. The summed E-state index contributed by atoms with van der Waals surface area (Å²) in [5.41, 5.74) is -0.350. The van der Waals surface area contributed by atoms with Crippen molar-refractivity contribution < 1.29 is 33.1 Å². The van der Waals surface area contributed by atoms with Crippen molar-refractivity contribution in [2.45, 2.75) is 43.0 Å². The molecule has 1 aliphatic rings. The van der Waals surface area contributed by atoms with Crippen molar-refractivity contribution in [1.29, 1.82) is 0 Å². The second-order valence-electron chi connectivity index (χ2n) is 7.61. The number of esters is 1. The van der Waals surface area contributed by atoms with Gasteiger partial charge in [0, 0.05) is 4.75 Å². The number of benzene rings is 1. The Hall–Kier alpha value is -2.63. The molecule has 1 aliphatic heterocycles. The number of nitrogens with one attached hydrogen (secondary N) is 2. The number of nitrogens with zero attached hydrogens (tertiary/aromatic N) is 1. The van der Waals surface area contributed by atoms with Crippen molar-refractivity contribution in [3.63, 3.8) is 0 Å². The van der Waals surface area contributed by atoms with Crippen LogP contribution in [0.5, 0.6) is 0 Å². The van der Waals surface area contributed by atoms with Gasteiger partial charge in [-0.3, -0.25) is 14.9 Å². The van der Waals surface area contributed by atoms with Crippen molar-refractivity contribution in [3.05, 3.63) is 40.4 Å². The van der Waals surface area contributed by atoms with Gasteiger partial charge in [0.25, 0.3) is 5.91 Å². The van der Waals surface area contributed by atoms with Crippen LogP contribution < -0.4 is 10.6 Å². The van der Waals surface area contributed by atoms with Gasteiger partial charge in [-0.25, -0.2) is 9.18 Å². The van der Waals surface area contributed by atoms with Crippen molar-refractivity contribution >= 4 is 41.2 Å². The topological polar surface area (TPSA) is 131 Å². The fourth-order valence-corrected chi connectivity index (χ4v) is 5.19. The number of hydrogen-bond acceptors (Lipinski definition) is 8. The highest BCUT2D eigenvalue weighted by Crippen LogP contribution is 2.40. The van der Waals surface area contributed by atoms with E-state index in [-0.39, 0.29) is 27.6 Å². The van der Waals surface area contributed by atoms with E-state index in [2.05, 4.69) is 15.8 Å². The predicted molar refractivity (Wildman–Crippen MR) is 115 cm³/mol. The molecule has 32 heavy (non-hydrogen) atoms. The smallest absolute Gasteiger partial charge is 0.330 e. The number of halogens is 2. The molecule has 2 unspecified atom stereocenters. The van der Waals surface area contributed by atoms with Crippen molar-refractivity contribution in [2.24, 2.45) is 0 Å². The minimum Gasteiger partial charge on any atom is -0.480 e. The van der Waals surface area contributed by atoms with Crippen LogP contribution in [-0.2, 0) is 14.3 Å². The lowest BCUT2D eigenvalue weighted by Gasteiger charge is -2.23. The summed E-state index contributed by atoms with van der Waals surface area (Å²) in [6.07, 6.45) is 0. The third kappa shape index (κ3) is 4.45. The molecule has 172 valence electrons. The lowest BCUT2D eigenvalue weighted by Crippen LogP contribution is -2.54. The number of carboxylic acids is 1. The van der Waals surface area contributed by atoms with Crippen LogP contribution in [0.3, 0.4) is 0 Å². The number of ether oxygens (including phenoxy) is 1. The van der Waals surface area contributed by atoms with Crippen LogP contribution in [0, 0.1) is 12.7 Å². The molecule has 1 amide bonds. The Balaban J connectivity index is 1.95. The first-order valence-electron chi connectivity index (χ1n) is 9.44. The number of hydrogen-bond donors (Lipinski definition) is 3. The van der Waals surface area contributed by atoms with Crippen LogP contribution >= 0.6 is 23.4 Å². The molecule has 2 heterocycles. The van der Waals surface area contributed by atoms with E-state index in [4.69, 9.17) is 20.9 Å². The van der Waals surface area contributed by atoms with E-state index in [1.807, 2.05) is 0 Å². The third-order valence-electron chi connectivity index (χ3n) is 5.04. The maximum atomic E-state index is 14.4. The molecule has 1 aromatic heterocycles. The molecule has 12 heteroatoms. The number of methoxy groups -OCH3 is 1. The standard InChI is InChI=1S/C20H21ClFN3O6S/c1-8-11(13(25-31-8)12-9(21)6-5-7-10(12)22)16(26)23-14(19(29)30-4)17-24-15(18(27)28)20(2,3)32-17/h5-7,14-15,17,24H,1-4H3,(H,23,26)(H,27,28)/t14?,15-,17?/m0/s1. The second kappa shape index (κ2) is 9.08.